The Balaban J connectivity index is 1.96. The van der Waals surface area contributed by atoms with Gasteiger partial charge in [-0.25, -0.2) is 0 Å². The molecule has 11 heavy (non-hydrogen) atoms. The molecule has 1 saturated heterocycles. The van der Waals surface area contributed by atoms with Crippen LogP contribution in [-0.2, 0) is 9.47 Å². The lowest BCUT2D eigenvalue weighted by molar-refractivity contribution is -0.908. The minimum Gasteiger partial charge on any atom is -0.376 e. The molecule has 1 aliphatic heterocycles. The Bertz CT molecular complexity index is 92.1. The number of hydrogen-bond donors (Lipinski definition) is 1. The van der Waals surface area contributed by atoms with Gasteiger partial charge in [0.25, 0.3) is 0 Å². The molecule has 1 fully saturated rings. The van der Waals surface area contributed by atoms with E-state index < -0.39 is 0 Å². The van der Waals surface area contributed by atoms with Gasteiger partial charge in [-0.1, -0.05) is 0 Å². The van der Waals surface area contributed by atoms with Crippen molar-refractivity contribution in [3.8, 4) is 0 Å². The fraction of sp³-hybridized carbons (Fsp3) is 1.00. The van der Waals surface area contributed by atoms with E-state index in [9.17, 15) is 0 Å². The maximum absolute atomic E-state index is 5.27. The minimum atomic E-state index is 0.837. The first-order valence-electron chi connectivity index (χ1n) is 4.42. The van der Waals surface area contributed by atoms with Gasteiger partial charge in [-0.05, 0) is 6.92 Å². The SMILES string of the molecule is CCOCC[NH+]1CCOCC1. The summed E-state index contributed by atoms with van der Waals surface area (Å²) in [4.78, 5) is 1.62. The minimum absolute atomic E-state index is 0.837. The van der Waals surface area contributed by atoms with Crippen LogP contribution in [0.25, 0.3) is 0 Å². The van der Waals surface area contributed by atoms with Crippen molar-refractivity contribution in [1.82, 2.24) is 0 Å². The number of rotatable bonds is 4. The van der Waals surface area contributed by atoms with Crippen LogP contribution in [0, 0.1) is 0 Å². The first-order chi connectivity index (χ1) is 5.43. The first-order valence-corrected chi connectivity index (χ1v) is 4.42. The summed E-state index contributed by atoms with van der Waals surface area (Å²) >= 11 is 0. The van der Waals surface area contributed by atoms with E-state index in [4.69, 9.17) is 9.47 Å². The van der Waals surface area contributed by atoms with Gasteiger partial charge in [0, 0.05) is 6.61 Å². The summed E-state index contributed by atoms with van der Waals surface area (Å²) < 4.78 is 10.5. The fourth-order valence-electron chi connectivity index (χ4n) is 1.27. The molecule has 1 N–H and O–H groups in total. The summed E-state index contributed by atoms with van der Waals surface area (Å²) in [6.45, 7) is 9.03. The normalized spacial score (nSPS) is 20.5. The van der Waals surface area contributed by atoms with Gasteiger partial charge in [0.2, 0.25) is 0 Å². The van der Waals surface area contributed by atoms with Crippen LogP contribution in [0.5, 0.6) is 0 Å². The largest absolute Gasteiger partial charge is 0.376 e. The highest BCUT2D eigenvalue weighted by Crippen LogP contribution is 1.75. The summed E-state index contributed by atoms with van der Waals surface area (Å²) in [5, 5.41) is 0. The van der Waals surface area contributed by atoms with Crippen LogP contribution in [-0.4, -0.2) is 46.1 Å². The Hall–Kier alpha value is -0.120. The molecule has 1 heterocycles. The van der Waals surface area contributed by atoms with Crippen molar-refractivity contribution in [3.05, 3.63) is 0 Å². The van der Waals surface area contributed by atoms with Crippen LogP contribution < -0.4 is 4.90 Å². The van der Waals surface area contributed by atoms with Gasteiger partial charge in [0.1, 0.15) is 19.6 Å². The van der Waals surface area contributed by atoms with E-state index in [0.29, 0.717) is 0 Å². The smallest absolute Gasteiger partial charge is 0.101 e. The highest BCUT2D eigenvalue weighted by Gasteiger charge is 2.12. The molecular formula is C8H18NO2+. The van der Waals surface area contributed by atoms with Crippen LogP contribution in [0.4, 0.5) is 0 Å². The third-order valence-corrected chi connectivity index (χ3v) is 2.00. The lowest BCUT2D eigenvalue weighted by atomic mass is 10.4. The van der Waals surface area contributed by atoms with Gasteiger partial charge < -0.3 is 14.4 Å². The first kappa shape index (κ1) is 8.97. The Morgan fingerprint density at radius 1 is 1.36 bits per heavy atom. The Morgan fingerprint density at radius 3 is 2.73 bits per heavy atom. The van der Waals surface area contributed by atoms with Gasteiger partial charge in [-0.2, -0.15) is 0 Å². The van der Waals surface area contributed by atoms with Gasteiger partial charge in [-0.15, -0.1) is 0 Å². The number of quaternary nitrogens is 1. The van der Waals surface area contributed by atoms with E-state index in [0.717, 1.165) is 46.1 Å². The molecule has 1 rings (SSSR count). The van der Waals surface area contributed by atoms with Crippen LogP contribution in [0.3, 0.4) is 0 Å². The van der Waals surface area contributed by atoms with E-state index in [1.54, 1.807) is 4.90 Å². The van der Waals surface area contributed by atoms with Gasteiger partial charge in [0.05, 0.1) is 19.8 Å². The third-order valence-electron chi connectivity index (χ3n) is 2.00. The molecule has 1 aliphatic rings. The lowest BCUT2D eigenvalue weighted by Crippen LogP contribution is -3.14. The second kappa shape index (κ2) is 5.52. The molecule has 3 heteroatoms. The highest BCUT2D eigenvalue weighted by molar-refractivity contribution is 4.38. The average molecular weight is 160 g/mol. The standard InChI is InChI=1S/C8H17NO2/c1-2-10-6-3-9-4-7-11-8-5-9/h2-8H2,1H3/p+1. The van der Waals surface area contributed by atoms with E-state index in [1.165, 1.54) is 0 Å². The summed E-state index contributed by atoms with van der Waals surface area (Å²) in [5.74, 6) is 0. The monoisotopic (exact) mass is 160 g/mol. The zero-order valence-corrected chi connectivity index (χ0v) is 7.27. The summed E-state index contributed by atoms with van der Waals surface area (Å²) in [7, 11) is 0. The van der Waals surface area contributed by atoms with Crippen LogP contribution in [0.1, 0.15) is 6.92 Å². The zero-order valence-electron chi connectivity index (χ0n) is 7.27. The lowest BCUT2D eigenvalue weighted by Gasteiger charge is -2.23. The van der Waals surface area contributed by atoms with E-state index in [1.807, 2.05) is 6.92 Å². The quantitative estimate of drug-likeness (QED) is 0.530. The maximum atomic E-state index is 5.27. The predicted octanol–water partition coefficient (Wildman–Crippen LogP) is -1.06. The fourth-order valence-corrected chi connectivity index (χ4v) is 1.27. The number of morpholine rings is 1. The second-order valence-electron chi connectivity index (χ2n) is 2.81. The number of hydrogen-bond acceptors (Lipinski definition) is 2. The van der Waals surface area contributed by atoms with Crippen molar-refractivity contribution >= 4 is 0 Å². The van der Waals surface area contributed by atoms with Gasteiger partial charge in [-0.3, -0.25) is 0 Å². The Morgan fingerprint density at radius 2 is 2.09 bits per heavy atom. The van der Waals surface area contributed by atoms with Crippen molar-refractivity contribution < 1.29 is 14.4 Å². The molecule has 0 saturated carbocycles. The molecule has 0 aromatic carbocycles. The van der Waals surface area contributed by atoms with Crippen molar-refractivity contribution in [2.75, 3.05) is 46.1 Å². The molecule has 0 spiro atoms. The molecular weight excluding hydrogens is 142 g/mol. The molecule has 0 atom stereocenters. The number of nitrogens with one attached hydrogen (secondary N) is 1. The van der Waals surface area contributed by atoms with Crippen LogP contribution in [0.2, 0.25) is 0 Å². The molecule has 0 radical (unpaired) electrons. The van der Waals surface area contributed by atoms with E-state index in [-0.39, 0.29) is 0 Å². The third kappa shape index (κ3) is 3.70. The Kier molecular flexibility index (Phi) is 4.50. The second-order valence-corrected chi connectivity index (χ2v) is 2.81. The van der Waals surface area contributed by atoms with Crippen molar-refractivity contribution in [3.63, 3.8) is 0 Å². The topological polar surface area (TPSA) is 22.9 Å². The predicted molar refractivity (Wildman–Crippen MR) is 42.9 cm³/mol. The number of ether oxygens (including phenoxy) is 2. The Labute approximate surface area is 68.3 Å². The van der Waals surface area contributed by atoms with Crippen LogP contribution in [0.15, 0.2) is 0 Å². The van der Waals surface area contributed by atoms with Crippen molar-refractivity contribution in [2.45, 2.75) is 6.92 Å². The van der Waals surface area contributed by atoms with E-state index in [2.05, 4.69) is 0 Å². The molecule has 0 aromatic rings. The summed E-state index contributed by atoms with van der Waals surface area (Å²) in [6, 6.07) is 0. The molecule has 0 amide bonds. The molecule has 3 nitrogen and oxygen atoms in total. The summed E-state index contributed by atoms with van der Waals surface area (Å²) in [5.41, 5.74) is 0. The molecule has 0 aromatic heterocycles. The van der Waals surface area contributed by atoms with Crippen molar-refractivity contribution in [2.24, 2.45) is 0 Å². The molecule has 0 unspecified atom stereocenters. The molecule has 0 aliphatic carbocycles. The average Bonchev–Trinajstić information content (AvgIpc) is 2.07. The van der Waals surface area contributed by atoms with Gasteiger partial charge >= 0.3 is 0 Å². The highest BCUT2D eigenvalue weighted by atomic mass is 16.5. The van der Waals surface area contributed by atoms with Crippen molar-refractivity contribution in [1.29, 1.82) is 0 Å². The molecule has 66 valence electrons. The molecule has 0 bridgehead atoms. The maximum Gasteiger partial charge on any atom is 0.101 e. The summed E-state index contributed by atoms with van der Waals surface area (Å²) in [6.07, 6.45) is 0. The van der Waals surface area contributed by atoms with Gasteiger partial charge in [0.15, 0.2) is 0 Å². The zero-order chi connectivity index (χ0) is 7.94. The van der Waals surface area contributed by atoms with E-state index >= 15 is 0 Å². The van der Waals surface area contributed by atoms with Crippen LogP contribution >= 0.6 is 0 Å².